The molecule has 0 saturated carbocycles. The second-order valence-corrected chi connectivity index (χ2v) is 4.80. The first-order valence-electron chi connectivity index (χ1n) is 6.78. The number of hydrogen-bond donors (Lipinski definition) is 0. The van der Waals surface area contributed by atoms with Crippen LogP contribution in [0.1, 0.15) is 11.1 Å². The van der Waals surface area contributed by atoms with Crippen molar-refractivity contribution < 1.29 is 19.1 Å². The summed E-state index contributed by atoms with van der Waals surface area (Å²) >= 11 is 0. The van der Waals surface area contributed by atoms with Crippen LogP contribution in [-0.4, -0.2) is 11.9 Å². The Balaban J connectivity index is 1.87. The third-order valence-corrected chi connectivity index (χ3v) is 2.83. The minimum absolute atomic E-state index is 0.423. The van der Waals surface area contributed by atoms with Crippen molar-refractivity contribution in [3.63, 3.8) is 0 Å². The Hall–Kier alpha value is -2.88. The first kappa shape index (κ1) is 15.5. The first-order valence-corrected chi connectivity index (χ1v) is 6.78. The number of esters is 2. The normalized spacial score (nSPS) is 10.5. The maximum absolute atomic E-state index is 11.6. The molecule has 0 unspecified atom stereocenters. The van der Waals surface area contributed by atoms with Gasteiger partial charge < -0.3 is 9.47 Å². The number of ether oxygens (including phenoxy) is 2. The molecule has 2 aromatic rings. The molecule has 0 aliphatic heterocycles. The van der Waals surface area contributed by atoms with Gasteiger partial charge in [0.05, 0.1) is 0 Å². The van der Waals surface area contributed by atoms with Crippen molar-refractivity contribution in [2.24, 2.45) is 0 Å². The highest BCUT2D eigenvalue weighted by atomic mass is 16.5. The Bertz CT molecular complexity index is 621. The third-order valence-electron chi connectivity index (χ3n) is 2.83. The summed E-state index contributed by atoms with van der Waals surface area (Å²) in [5, 5.41) is 0. The molecule has 0 radical (unpaired) electrons. The summed E-state index contributed by atoms with van der Waals surface area (Å²) in [6, 6.07) is 14.1. The molecule has 22 heavy (non-hydrogen) atoms. The third kappa shape index (κ3) is 4.90. The fourth-order valence-corrected chi connectivity index (χ4v) is 1.65. The first-order chi connectivity index (χ1) is 10.5. The van der Waals surface area contributed by atoms with E-state index in [0.717, 1.165) is 23.3 Å². The summed E-state index contributed by atoms with van der Waals surface area (Å²) < 4.78 is 10.1. The number of benzene rings is 2. The highest BCUT2D eigenvalue weighted by molar-refractivity contribution is 5.93. The van der Waals surface area contributed by atoms with Crippen LogP contribution >= 0.6 is 0 Å². The molecule has 0 saturated heterocycles. The van der Waals surface area contributed by atoms with E-state index < -0.39 is 11.9 Å². The average molecular weight is 296 g/mol. The SMILES string of the molecule is Cc1ccc(OC(=O)/C=C\C(=O)Oc2ccc(C)cc2)cc1. The number of aryl methyl sites for hydroxylation is 2. The van der Waals surface area contributed by atoms with Crippen LogP contribution in [0.2, 0.25) is 0 Å². The van der Waals surface area contributed by atoms with E-state index in [2.05, 4.69) is 0 Å². The standard InChI is InChI=1S/C18H16O4/c1-13-3-7-15(8-4-13)21-17(19)11-12-18(20)22-16-9-5-14(2)6-10-16/h3-12H,1-2H3/b12-11-. The largest absolute Gasteiger partial charge is 0.423 e. The van der Waals surface area contributed by atoms with Gasteiger partial charge in [-0.05, 0) is 38.1 Å². The van der Waals surface area contributed by atoms with Gasteiger partial charge in [-0.1, -0.05) is 35.4 Å². The van der Waals surface area contributed by atoms with Gasteiger partial charge in [-0.3, -0.25) is 0 Å². The van der Waals surface area contributed by atoms with Gasteiger partial charge in [-0.25, -0.2) is 9.59 Å². The van der Waals surface area contributed by atoms with Crippen molar-refractivity contribution in [3.8, 4) is 11.5 Å². The molecule has 0 amide bonds. The van der Waals surface area contributed by atoms with Crippen molar-refractivity contribution >= 4 is 11.9 Å². The van der Waals surface area contributed by atoms with Gasteiger partial charge in [-0.2, -0.15) is 0 Å². The predicted molar refractivity (Wildman–Crippen MR) is 82.8 cm³/mol. The Morgan fingerprint density at radius 3 is 1.32 bits per heavy atom. The topological polar surface area (TPSA) is 52.6 Å². The smallest absolute Gasteiger partial charge is 0.336 e. The summed E-state index contributed by atoms with van der Waals surface area (Å²) in [7, 11) is 0. The van der Waals surface area contributed by atoms with E-state index in [1.165, 1.54) is 0 Å². The summed E-state index contributed by atoms with van der Waals surface area (Å²) in [5.41, 5.74) is 2.13. The van der Waals surface area contributed by atoms with E-state index in [-0.39, 0.29) is 0 Å². The second kappa shape index (κ2) is 7.22. The Morgan fingerprint density at radius 1 is 0.682 bits per heavy atom. The minimum Gasteiger partial charge on any atom is -0.423 e. The molecular formula is C18H16O4. The lowest BCUT2D eigenvalue weighted by Gasteiger charge is -2.02. The van der Waals surface area contributed by atoms with Crippen molar-refractivity contribution in [3.05, 3.63) is 71.8 Å². The van der Waals surface area contributed by atoms with Crippen molar-refractivity contribution in [1.82, 2.24) is 0 Å². The van der Waals surface area contributed by atoms with E-state index in [1.807, 2.05) is 38.1 Å². The van der Waals surface area contributed by atoms with Gasteiger partial charge in [0.15, 0.2) is 0 Å². The molecule has 0 aliphatic rings. The van der Waals surface area contributed by atoms with Gasteiger partial charge in [0.2, 0.25) is 0 Å². The highest BCUT2D eigenvalue weighted by Gasteiger charge is 2.04. The maximum Gasteiger partial charge on any atom is 0.336 e. The van der Waals surface area contributed by atoms with Gasteiger partial charge in [-0.15, -0.1) is 0 Å². The van der Waals surface area contributed by atoms with Crippen LogP contribution in [0.5, 0.6) is 11.5 Å². The molecule has 0 bridgehead atoms. The fraction of sp³-hybridized carbons (Fsp3) is 0.111. The highest BCUT2D eigenvalue weighted by Crippen LogP contribution is 2.13. The summed E-state index contributed by atoms with van der Waals surface area (Å²) in [6.07, 6.45) is 2.08. The molecule has 4 heteroatoms. The fourth-order valence-electron chi connectivity index (χ4n) is 1.65. The van der Waals surface area contributed by atoms with Gasteiger partial charge in [0, 0.05) is 12.2 Å². The van der Waals surface area contributed by atoms with E-state index in [1.54, 1.807) is 24.3 Å². The molecule has 2 rings (SSSR count). The monoisotopic (exact) mass is 296 g/mol. The summed E-state index contributed by atoms with van der Waals surface area (Å²) in [6.45, 7) is 3.87. The minimum atomic E-state index is -0.635. The molecule has 0 heterocycles. The molecule has 0 aromatic heterocycles. The van der Waals surface area contributed by atoms with Gasteiger partial charge in [0.25, 0.3) is 0 Å². The molecule has 0 N–H and O–H groups in total. The van der Waals surface area contributed by atoms with Crippen LogP contribution in [0, 0.1) is 13.8 Å². The maximum atomic E-state index is 11.6. The molecule has 2 aromatic carbocycles. The number of carbonyl (C=O) groups is 2. The lowest BCUT2D eigenvalue weighted by Crippen LogP contribution is -2.08. The van der Waals surface area contributed by atoms with Crippen LogP contribution in [0.15, 0.2) is 60.7 Å². The van der Waals surface area contributed by atoms with Crippen LogP contribution in [0.4, 0.5) is 0 Å². The Labute approximate surface area is 129 Å². The van der Waals surface area contributed by atoms with E-state index in [4.69, 9.17) is 9.47 Å². The zero-order valence-electron chi connectivity index (χ0n) is 12.4. The molecule has 0 spiro atoms. The summed E-state index contributed by atoms with van der Waals surface area (Å²) in [5.74, 6) is -0.422. The molecule has 112 valence electrons. The molecule has 0 atom stereocenters. The Morgan fingerprint density at radius 2 is 1.00 bits per heavy atom. The van der Waals surface area contributed by atoms with Gasteiger partial charge >= 0.3 is 11.9 Å². The van der Waals surface area contributed by atoms with Crippen molar-refractivity contribution in [2.75, 3.05) is 0 Å². The zero-order valence-corrected chi connectivity index (χ0v) is 12.4. The summed E-state index contributed by atoms with van der Waals surface area (Å²) in [4.78, 5) is 23.2. The quantitative estimate of drug-likeness (QED) is 0.493. The van der Waals surface area contributed by atoms with E-state index in [0.29, 0.717) is 11.5 Å². The lowest BCUT2D eigenvalue weighted by molar-refractivity contribution is -0.131. The van der Waals surface area contributed by atoms with Gasteiger partial charge in [0.1, 0.15) is 11.5 Å². The van der Waals surface area contributed by atoms with Crippen LogP contribution < -0.4 is 9.47 Å². The zero-order chi connectivity index (χ0) is 15.9. The van der Waals surface area contributed by atoms with Crippen molar-refractivity contribution in [2.45, 2.75) is 13.8 Å². The molecule has 0 fully saturated rings. The van der Waals surface area contributed by atoms with Crippen LogP contribution in [-0.2, 0) is 9.59 Å². The molecule has 0 aliphatic carbocycles. The van der Waals surface area contributed by atoms with Crippen molar-refractivity contribution in [1.29, 1.82) is 0 Å². The number of carbonyl (C=O) groups excluding carboxylic acids is 2. The molecular weight excluding hydrogens is 280 g/mol. The van der Waals surface area contributed by atoms with Crippen LogP contribution in [0.3, 0.4) is 0 Å². The second-order valence-electron chi connectivity index (χ2n) is 4.80. The predicted octanol–water partition coefficient (Wildman–Crippen LogP) is 3.37. The lowest BCUT2D eigenvalue weighted by atomic mass is 10.2. The average Bonchev–Trinajstić information content (AvgIpc) is 2.50. The van der Waals surface area contributed by atoms with Crippen LogP contribution in [0.25, 0.3) is 0 Å². The Kier molecular flexibility index (Phi) is 5.09. The molecule has 4 nitrogen and oxygen atoms in total. The number of rotatable bonds is 4. The van der Waals surface area contributed by atoms with E-state index >= 15 is 0 Å². The van der Waals surface area contributed by atoms with E-state index in [9.17, 15) is 9.59 Å². The number of hydrogen-bond acceptors (Lipinski definition) is 4.